The van der Waals surface area contributed by atoms with Crippen LogP contribution in [0.5, 0.6) is 11.5 Å². The van der Waals surface area contributed by atoms with Gasteiger partial charge in [-0.1, -0.05) is 54.6 Å². The highest BCUT2D eigenvalue weighted by molar-refractivity contribution is 6.04. The van der Waals surface area contributed by atoms with Gasteiger partial charge in [0.15, 0.2) is 0 Å². The van der Waals surface area contributed by atoms with Crippen LogP contribution in [-0.4, -0.2) is 79.1 Å². The Kier molecular flexibility index (Phi) is 10.5. The van der Waals surface area contributed by atoms with Gasteiger partial charge < -0.3 is 35.9 Å². The zero-order valence-corrected chi connectivity index (χ0v) is 26.5. The molecular formula is C36H42N6O5. The average molecular weight is 639 g/mol. The van der Waals surface area contributed by atoms with Gasteiger partial charge >= 0.3 is 0 Å². The molecule has 0 aliphatic carbocycles. The van der Waals surface area contributed by atoms with Crippen molar-refractivity contribution >= 4 is 17.6 Å². The molecule has 246 valence electrons. The van der Waals surface area contributed by atoms with Crippen LogP contribution in [-0.2, 0) is 14.3 Å². The largest absolute Gasteiger partial charge is 0.457 e. The van der Waals surface area contributed by atoms with Crippen LogP contribution in [0.3, 0.4) is 0 Å². The first-order valence-corrected chi connectivity index (χ1v) is 16.2. The fraction of sp³-hybridized carbons (Fsp3) is 0.361. The average Bonchev–Trinajstić information content (AvgIpc) is 3.51. The Labute approximate surface area is 274 Å². The third kappa shape index (κ3) is 7.65. The van der Waals surface area contributed by atoms with Gasteiger partial charge in [0.1, 0.15) is 35.2 Å². The number of carbonyl (C=O) groups excluding carboxylic acids is 2. The number of primary amides is 1. The molecule has 0 saturated carbocycles. The van der Waals surface area contributed by atoms with Crippen molar-refractivity contribution in [2.45, 2.75) is 25.3 Å². The van der Waals surface area contributed by atoms with Crippen molar-refractivity contribution in [3.8, 4) is 33.9 Å². The van der Waals surface area contributed by atoms with E-state index < -0.39 is 5.91 Å². The van der Waals surface area contributed by atoms with E-state index >= 15 is 0 Å². The van der Waals surface area contributed by atoms with Crippen LogP contribution in [0, 0.1) is 5.92 Å². The lowest BCUT2D eigenvalue weighted by atomic mass is 9.87. The highest BCUT2D eigenvalue weighted by atomic mass is 16.5. The van der Waals surface area contributed by atoms with Crippen LogP contribution < -0.4 is 21.5 Å². The van der Waals surface area contributed by atoms with Gasteiger partial charge in [0.05, 0.1) is 25.9 Å². The molecule has 0 spiro atoms. The van der Waals surface area contributed by atoms with Crippen molar-refractivity contribution in [2.24, 2.45) is 17.4 Å². The number of piperidine rings is 1. The maximum absolute atomic E-state index is 12.8. The monoisotopic (exact) mass is 638 g/mol. The van der Waals surface area contributed by atoms with Crippen LogP contribution in [0.4, 0.5) is 5.82 Å². The van der Waals surface area contributed by atoms with Crippen molar-refractivity contribution in [3.63, 3.8) is 0 Å². The molecule has 6 rings (SSSR count). The summed E-state index contributed by atoms with van der Waals surface area (Å²) >= 11 is 0. The number of amides is 2. The van der Waals surface area contributed by atoms with Gasteiger partial charge in [0.2, 0.25) is 5.91 Å². The van der Waals surface area contributed by atoms with Crippen molar-refractivity contribution in [1.82, 2.24) is 14.7 Å². The number of aromatic nitrogens is 2. The minimum Gasteiger partial charge on any atom is -0.457 e. The van der Waals surface area contributed by atoms with Crippen molar-refractivity contribution in [1.29, 1.82) is 0 Å². The third-order valence-electron chi connectivity index (χ3n) is 8.82. The Morgan fingerprint density at radius 2 is 1.45 bits per heavy atom. The van der Waals surface area contributed by atoms with E-state index in [1.165, 1.54) is 0 Å². The zero-order valence-electron chi connectivity index (χ0n) is 26.5. The number of anilines is 1. The van der Waals surface area contributed by atoms with E-state index in [-0.39, 0.29) is 18.6 Å². The van der Waals surface area contributed by atoms with Crippen molar-refractivity contribution in [2.75, 3.05) is 57.9 Å². The molecule has 4 aromatic rings. The lowest BCUT2D eigenvalue weighted by Gasteiger charge is -2.38. The van der Waals surface area contributed by atoms with Gasteiger partial charge in [-0.05, 0) is 60.6 Å². The Bertz CT molecular complexity index is 1630. The molecule has 1 aromatic heterocycles. The van der Waals surface area contributed by atoms with E-state index in [1.54, 1.807) is 0 Å². The normalized spacial score (nSPS) is 16.4. The molecule has 2 aliphatic rings. The Balaban J connectivity index is 1.12. The minimum absolute atomic E-state index is 0.00873. The lowest BCUT2D eigenvalue weighted by molar-refractivity contribution is -0.138. The van der Waals surface area contributed by atoms with E-state index in [9.17, 15) is 9.59 Å². The summed E-state index contributed by atoms with van der Waals surface area (Å²) < 4.78 is 18.7. The Morgan fingerprint density at radius 3 is 2.13 bits per heavy atom. The van der Waals surface area contributed by atoms with Gasteiger partial charge in [0.25, 0.3) is 5.91 Å². The molecule has 11 heteroatoms. The summed E-state index contributed by atoms with van der Waals surface area (Å²) in [7, 11) is 0. The molecule has 0 radical (unpaired) electrons. The second-order valence-corrected chi connectivity index (χ2v) is 11.9. The minimum atomic E-state index is -0.513. The first-order valence-electron chi connectivity index (χ1n) is 16.2. The molecule has 47 heavy (non-hydrogen) atoms. The smallest absolute Gasteiger partial charge is 0.254 e. The van der Waals surface area contributed by atoms with Gasteiger partial charge in [-0.3, -0.25) is 9.59 Å². The maximum atomic E-state index is 12.8. The van der Waals surface area contributed by atoms with E-state index in [0.717, 1.165) is 54.0 Å². The van der Waals surface area contributed by atoms with E-state index in [2.05, 4.69) is 5.32 Å². The number of benzene rings is 3. The maximum Gasteiger partial charge on any atom is 0.254 e. The number of para-hydroxylation sites is 1. The predicted molar refractivity (Wildman–Crippen MR) is 180 cm³/mol. The standard InChI is InChI=1S/C36H42N6O5/c37-17-21-45-22-23-46-24-32(43)41-19-15-27(16-20-41)31-14-18-39-36-33(35(38)44)34(40-42(31)36)28-8-6-25(7-9-28)26-10-12-30(13-11-26)47-29-4-2-1-3-5-29/h1-13,27,31,39H,14-24,37H2,(H2,38,44)/t31-/m0/s1. The fourth-order valence-corrected chi connectivity index (χ4v) is 6.42. The first kappa shape index (κ1) is 32.2. The molecule has 11 nitrogen and oxygen atoms in total. The van der Waals surface area contributed by atoms with Gasteiger partial charge in [0, 0.05) is 31.7 Å². The van der Waals surface area contributed by atoms with Crippen LogP contribution >= 0.6 is 0 Å². The lowest BCUT2D eigenvalue weighted by Crippen LogP contribution is -2.43. The van der Waals surface area contributed by atoms with Crippen LogP contribution in [0.1, 0.15) is 35.7 Å². The van der Waals surface area contributed by atoms with Gasteiger partial charge in [-0.2, -0.15) is 5.10 Å². The molecular weight excluding hydrogens is 596 g/mol. The number of carbonyl (C=O) groups is 2. The molecule has 2 amide bonds. The molecule has 1 fully saturated rings. The Morgan fingerprint density at radius 1 is 0.809 bits per heavy atom. The van der Waals surface area contributed by atoms with E-state index in [0.29, 0.717) is 62.4 Å². The van der Waals surface area contributed by atoms with Crippen molar-refractivity contribution in [3.05, 3.63) is 84.4 Å². The summed E-state index contributed by atoms with van der Waals surface area (Å²) in [6, 6.07) is 25.8. The van der Waals surface area contributed by atoms with Crippen molar-refractivity contribution < 1.29 is 23.8 Å². The number of fused-ring (bicyclic) bond motifs is 1. The summed E-state index contributed by atoms with van der Waals surface area (Å²) in [6.07, 6.45) is 2.57. The summed E-state index contributed by atoms with van der Waals surface area (Å²) in [6.45, 7) is 3.82. The fourth-order valence-electron chi connectivity index (χ4n) is 6.42. The quantitative estimate of drug-likeness (QED) is 0.179. The van der Waals surface area contributed by atoms with Crippen LogP contribution in [0.15, 0.2) is 78.9 Å². The first-order chi connectivity index (χ1) is 23.0. The number of nitrogens with zero attached hydrogens (tertiary/aromatic N) is 3. The van der Waals surface area contributed by atoms with Gasteiger partial charge in [-0.25, -0.2) is 4.68 Å². The zero-order chi connectivity index (χ0) is 32.6. The summed E-state index contributed by atoms with van der Waals surface area (Å²) in [5.74, 6) is 2.02. The second-order valence-electron chi connectivity index (χ2n) is 11.9. The molecule has 3 heterocycles. The number of rotatable bonds is 13. The van der Waals surface area contributed by atoms with E-state index in [1.807, 2.05) is 88.4 Å². The van der Waals surface area contributed by atoms with Crippen LogP contribution in [0.25, 0.3) is 22.4 Å². The number of hydrogen-bond acceptors (Lipinski definition) is 8. The molecule has 1 atom stereocenters. The van der Waals surface area contributed by atoms with Gasteiger partial charge in [-0.15, -0.1) is 0 Å². The second kappa shape index (κ2) is 15.3. The molecule has 0 bridgehead atoms. The molecule has 2 aliphatic heterocycles. The number of likely N-dealkylation sites (tertiary alicyclic amines) is 1. The van der Waals surface area contributed by atoms with Crippen LogP contribution in [0.2, 0.25) is 0 Å². The number of ether oxygens (including phenoxy) is 3. The number of hydrogen-bond donors (Lipinski definition) is 3. The highest BCUT2D eigenvalue weighted by Gasteiger charge is 2.36. The molecule has 1 saturated heterocycles. The SMILES string of the molecule is NCCOCCOCC(=O)N1CCC([C@@H]2CCNc3c(C(N)=O)c(-c4ccc(-c5ccc(Oc6ccccc6)cc5)cc4)nn32)CC1. The molecule has 5 N–H and O–H groups in total. The Hall–Kier alpha value is -4.71. The number of nitrogens with two attached hydrogens (primary N) is 2. The predicted octanol–water partition coefficient (Wildman–Crippen LogP) is 4.70. The molecule has 0 unspecified atom stereocenters. The number of nitrogens with one attached hydrogen (secondary N) is 1. The summed E-state index contributed by atoms with van der Waals surface area (Å²) in [4.78, 5) is 27.4. The molecule has 3 aromatic carbocycles. The topological polar surface area (TPSA) is 147 Å². The highest BCUT2D eigenvalue weighted by Crippen LogP contribution is 2.40. The van der Waals surface area contributed by atoms with E-state index in [4.69, 9.17) is 30.8 Å². The summed E-state index contributed by atoms with van der Waals surface area (Å²) in [5, 5.41) is 8.38. The summed E-state index contributed by atoms with van der Waals surface area (Å²) in [5.41, 5.74) is 15.2. The third-order valence-corrected chi connectivity index (χ3v) is 8.82.